The summed E-state index contributed by atoms with van der Waals surface area (Å²) in [5.74, 6) is -0.377. The number of carbonyl (C=O) groups is 1. The molecule has 0 aliphatic heterocycles. The number of hydrogen-bond donors (Lipinski definition) is 2. The topological polar surface area (TPSA) is 75.3 Å². The van der Waals surface area contributed by atoms with Crippen LogP contribution >= 0.6 is 11.6 Å². The molecule has 168 valence electrons. The summed E-state index contributed by atoms with van der Waals surface area (Å²) in [6, 6.07) is 15.5. The van der Waals surface area contributed by atoms with Crippen LogP contribution in [0.5, 0.6) is 0 Å². The minimum Gasteiger partial charge on any atom is -0.346 e. The smallest absolute Gasteiger partial charge is 0.263 e. The number of carbonyl (C=O) groups excluding carboxylic acids is 1. The lowest BCUT2D eigenvalue weighted by atomic mass is 10.00. The molecule has 0 fully saturated rings. The van der Waals surface area contributed by atoms with Crippen molar-refractivity contribution >= 4 is 33.2 Å². The molecule has 0 aromatic heterocycles. The van der Waals surface area contributed by atoms with Crippen LogP contribution in [-0.2, 0) is 10.0 Å². The third-order valence-electron chi connectivity index (χ3n) is 5.36. The van der Waals surface area contributed by atoms with E-state index in [1.165, 1.54) is 18.2 Å². The molecule has 0 saturated carbocycles. The Bertz CT molecular complexity index is 1290. The third kappa shape index (κ3) is 5.31. The number of halogens is 1. The number of rotatable bonds is 6. The first-order valence-electron chi connectivity index (χ1n) is 10.3. The van der Waals surface area contributed by atoms with E-state index in [2.05, 4.69) is 16.1 Å². The number of aryl methyl sites for hydroxylation is 4. The number of amides is 1. The third-order valence-corrected chi connectivity index (χ3v) is 7.21. The zero-order valence-electron chi connectivity index (χ0n) is 18.8. The van der Waals surface area contributed by atoms with Crippen molar-refractivity contribution in [3.63, 3.8) is 0 Å². The molecule has 0 heterocycles. The predicted molar refractivity (Wildman–Crippen MR) is 130 cm³/mol. The average Bonchev–Trinajstić information content (AvgIpc) is 2.70. The van der Waals surface area contributed by atoms with Gasteiger partial charge in [0.25, 0.3) is 15.9 Å². The number of hydrogen-bond acceptors (Lipinski definition) is 3. The standard InChI is InChI=1S/C25H27ClN2O3S/c1-15-7-10-21(18(4)12-15)19(5)27-25(29)20-9-11-22(26)24(14-20)32(30,31)28-23-13-16(2)6-8-17(23)3/h6-14,19,28H,1-5H3,(H,27,29)/t19-/m1/s1. The number of anilines is 1. The Kier molecular flexibility index (Phi) is 6.96. The fourth-order valence-electron chi connectivity index (χ4n) is 3.57. The van der Waals surface area contributed by atoms with Crippen LogP contribution in [0.1, 0.15) is 51.1 Å². The molecule has 0 radical (unpaired) electrons. The summed E-state index contributed by atoms with van der Waals surface area (Å²) in [5.41, 5.74) is 5.62. The van der Waals surface area contributed by atoms with Gasteiger partial charge in [-0.25, -0.2) is 8.42 Å². The zero-order chi connectivity index (χ0) is 23.6. The molecule has 7 heteroatoms. The Morgan fingerprint density at radius 2 is 1.53 bits per heavy atom. The maximum absolute atomic E-state index is 13.1. The van der Waals surface area contributed by atoms with E-state index in [0.29, 0.717) is 5.69 Å². The Morgan fingerprint density at radius 1 is 0.875 bits per heavy atom. The van der Waals surface area contributed by atoms with Gasteiger partial charge in [0.1, 0.15) is 4.90 Å². The monoisotopic (exact) mass is 470 g/mol. The van der Waals surface area contributed by atoms with E-state index in [9.17, 15) is 13.2 Å². The highest BCUT2D eigenvalue weighted by Crippen LogP contribution is 2.27. The second-order valence-electron chi connectivity index (χ2n) is 8.12. The number of benzene rings is 3. The largest absolute Gasteiger partial charge is 0.346 e. The van der Waals surface area contributed by atoms with Crippen molar-refractivity contribution in [3.05, 3.63) is 93.0 Å². The van der Waals surface area contributed by atoms with E-state index < -0.39 is 10.0 Å². The van der Waals surface area contributed by atoms with Gasteiger partial charge in [0.15, 0.2) is 0 Å². The Balaban J connectivity index is 1.87. The second-order valence-corrected chi connectivity index (χ2v) is 10.2. The molecule has 32 heavy (non-hydrogen) atoms. The molecule has 0 aliphatic carbocycles. The second kappa shape index (κ2) is 9.35. The summed E-state index contributed by atoms with van der Waals surface area (Å²) >= 11 is 6.21. The van der Waals surface area contributed by atoms with Crippen molar-refractivity contribution in [1.29, 1.82) is 0 Å². The van der Waals surface area contributed by atoms with Gasteiger partial charge in [-0.3, -0.25) is 9.52 Å². The van der Waals surface area contributed by atoms with Crippen molar-refractivity contribution in [2.45, 2.75) is 45.6 Å². The summed E-state index contributed by atoms with van der Waals surface area (Å²) in [5, 5.41) is 2.98. The molecule has 1 amide bonds. The Morgan fingerprint density at radius 3 is 2.22 bits per heavy atom. The van der Waals surface area contributed by atoms with Gasteiger partial charge in [-0.1, -0.05) is 47.5 Å². The highest BCUT2D eigenvalue weighted by Gasteiger charge is 2.22. The van der Waals surface area contributed by atoms with Crippen LogP contribution in [0.25, 0.3) is 0 Å². The molecule has 1 atom stereocenters. The van der Waals surface area contributed by atoms with Crippen LogP contribution in [-0.4, -0.2) is 14.3 Å². The molecular weight excluding hydrogens is 444 g/mol. The first kappa shape index (κ1) is 23.8. The van der Waals surface area contributed by atoms with Crippen LogP contribution in [0.2, 0.25) is 5.02 Å². The summed E-state index contributed by atoms with van der Waals surface area (Å²) in [7, 11) is -3.99. The number of nitrogens with one attached hydrogen (secondary N) is 2. The minimum absolute atomic E-state index is 0.0433. The highest BCUT2D eigenvalue weighted by molar-refractivity contribution is 7.92. The molecule has 0 bridgehead atoms. The van der Waals surface area contributed by atoms with Crippen molar-refractivity contribution in [3.8, 4) is 0 Å². The predicted octanol–water partition coefficient (Wildman–Crippen LogP) is 5.87. The van der Waals surface area contributed by atoms with Gasteiger partial charge >= 0.3 is 0 Å². The zero-order valence-corrected chi connectivity index (χ0v) is 20.4. The molecule has 3 rings (SSSR count). The fourth-order valence-corrected chi connectivity index (χ4v) is 5.21. The summed E-state index contributed by atoms with van der Waals surface area (Å²) in [4.78, 5) is 12.7. The van der Waals surface area contributed by atoms with E-state index >= 15 is 0 Å². The van der Waals surface area contributed by atoms with Gasteiger partial charge in [-0.15, -0.1) is 0 Å². The molecule has 0 spiro atoms. The van der Waals surface area contributed by atoms with Gasteiger partial charge in [0.05, 0.1) is 16.8 Å². The normalized spacial score (nSPS) is 12.3. The van der Waals surface area contributed by atoms with Gasteiger partial charge in [0, 0.05) is 5.56 Å². The van der Waals surface area contributed by atoms with Crippen molar-refractivity contribution in [2.75, 3.05) is 4.72 Å². The summed E-state index contributed by atoms with van der Waals surface area (Å²) in [6.07, 6.45) is 0. The molecule has 2 N–H and O–H groups in total. The SMILES string of the molecule is Cc1ccc([C@@H](C)NC(=O)c2ccc(Cl)c(S(=O)(=O)Nc3cc(C)ccc3C)c2)c(C)c1. The average molecular weight is 471 g/mol. The highest BCUT2D eigenvalue weighted by atomic mass is 35.5. The van der Waals surface area contributed by atoms with Gasteiger partial charge in [0.2, 0.25) is 0 Å². The lowest BCUT2D eigenvalue weighted by Crippen LogP contribution is -2.27. The maximum Gasteiger partial charge on any atom is 0.263 e. The lowest BCUT2D eigenvalue weighted by Gasteiger charge is -2.18. The van der Waals surface area contributed by atoms with E-state index in [4.69, 9.17) is 11.6 Å². The van der Waals surface area contributed by atoms with Gasteiger partial charge in [-0.05, 0) is 81.1 Å². The van der Waals surface area contributed by atoms with Gasteiger partial charge in [-0.2, -0.15) is 0 Å². The van der Waals surface area contributed by atoms with E-state index in [0.717, 1.165) is 27.8 Å². The molecular formula is C25H27ClN2O3S. The van der Waals surface area contributed by atoms with E-state index in [-0.39, 0.29) is 27.4 Å². The molecule has 3 aromatic carbocycles. The maximum atomic E-state index is 13.1. The quantitative estimate of drug-likeness (QED) is 0.473. The number of sulfonamides is 1. The van der Waals surface area contributed by atoms with Crippen molar-refractivity contribution in [1.82, 2.24) is 5.32 Å². The Hall–Kier alpha value is -2.83. The molecule has 5 nitrogen and oxygen atoms in total. The van der Waals surface area contributed by atoms with Crippen LogP contribution in [0.15, 0.2) is 59.5 Å². The summed E-state index contributed by atoms with van der Waals surface area (Å²) in [6.45, 7) is 9.60. The van der Waals surface area contributed by atoms with E-state index in [1.807, 2.05) is 58.9 Å². The van der Waals surface area contributed by atoms with Crippen LogP contribution in [0.4, 0.5) is 5.69 Å². The first-order chi connectivity index (χ1) is 15.0. The van der Waals surface area contributed by atoms with Crippen LogP contribution in [0.3, 0.4) is 0 Å². The van der Waals surface area contributed by atoms with Gasteiger partial charge < -0.3 is 5.32 Å². The fraction of sp³-hybridized carbons (Fsp3) is 0.240. The van der Waals surface area contributed by atoms with Crippen molar-refractivity contribution < 1.29 is 13.2 Å². The minimum atomic E-state index is -3.99. The van der Waals surface area contributed by atoms with Crippen LogP contribution in [0, 0.1) is 27.7 Å². The van der Waals surface area contributed by atoms with Crippen LogP contribution < -0.4 is 10.0 Å². The molecule has 0 saturated heterocycles. The molecule has 0 unspecified atom stereocenters. The molecule has 0 aliphatic rings. The van der Waals surface area contributed by atoms with E-state index in [1.54, 1.807) is 6.07 Å². The lowest BCUT2D eigenvalue weighted by molar-refractivity contribution is 0.0939. The molecule has 3 aromatic rings. The van der Waals surface area contributed by atoms with Crippen molar-refractivity contribution in [2.24, 2.45) is 0 Å². The Labute approximate surface area is 194 Å². The summed E-state index contributed by atoms with van der Waals surface area (Å²) < 4.78 is 28.7. The first-order valence-corrected chi connectivity index (χ1v) is 12.1.